The van der Waals surface area contributed by atoms with Crippen LogP contribution in [0.4, 0.5) is 11.6 Å². The molecule has 2 aromatic heterocycles. The van der Waals surface area contributed by atoms with Crippen LogP contribution in [0.25, 0.3) is 0 Å². The van der Waals surface area contributed by atoms with Crippen LogP contribution >= 0.6 is 0 Å². The Hall–Kier alpha value is -2.11. The number of hydrogen-bond acceptors (Lipinski definition) is 5. The van der Waals surface area contributed by atoms with Gasteiger partial charge in [0, 0.05) is 43.9 Å². The molecule has 112 valence electrons. The molecule has 1 fully saturated rings. The number of nitrogens with zero attached hydrogens (tertiary/aromatic N) is 4. The van der Waals surface area contributed by atoms with E-state index in [1.807, 2.05) is 30.9 Å². The zero-order valence-electron chi connectivity index (χ0n) is 12.8. The molecule has 2 heterocycles. The van der Waals surface area contributed by atoms with E-state index in [4.69, 9.17) is 0 Å². The van der Waals surface area contributed by atoms with E-state index in [2.05, 4.69) is 32.6 Å². The van der Waals surface area contributed by atoms with Crippen molar-refractivity contribution in [1.29, 1.82) is 0 Å². The fourth-order valence-corrected chi connectivity index (χ4v) is 2.36. The van der Waals surface area contributed by atoms with Crippen LogP contribution < -0.4 is 10.6 Å². The molecule has 2 aromatic rings. The number of aryl methyl sites for hydroxylation is 2. The molecule has 0 spiro atoms. The van der Waals surface area contributed by atoms with Crippen LogP contribution in [0.2, 0.25) is 0 Å². The fraction of sp³-hybridized carbons (Fsp3) is 0.533. The largest absolute Gasteiger partial charge is 0.370 e. The maximum Gasteiger partial charge on any atom is 0.136 e. The molecule has 0 aliphatic heterocycles. The lowest BCUT2D eigenvalue weighted by Crippen LogP contribution is -2.08. The summed E-state index contributed by atoms with van der Waals surface area (Å²) in [7, 11) is 1.94. The molecule has 6 heteroatoms. The highest BCUT2D eigenvalue weighted by Crippen LogP contribution is 2.38. The molecule has 2 N–H and O–H groups in total. The molecule has 0 bridgehead atoms. The molecule has 0 radical (unpaired) electrons. The summed E-state index contributed by atoms with van der Waals surface area (Å²) in [5, 5.41) is 11.0. The van der Waals surface area contributed by atoms with E-state index >= 15 is 0 Å². The van der Waals surface area contributed by atoms with Crippen LogP contribution in [-0.2, 0) is 13.6 Å². The predicted octanol–water partition coefficient (Wildman–Crippen LogP) is 2.44. The number of hydrogen-bond donors (Lipinski definition) is 2. The first-order valence-corrected chi connectivity index (χ1v) is 7.51. The summed E-state index contributed by atoms with van der Waals surface area (Å²) in [5.41, 5.74) is 2.24. The van der Waals surface area contributed by atoms with Crippen molar-refractivity contribution in [3.63, 3.8) is 0 Å². The normalized spacial score (nSPS) is 14.2. The quantitative estimate of drug-likeness (QED) is 0.853. The molecule has 0 aromatic carbocycles. The number of anilines is 2. The van der Waals surface area contributed by atoms with E-state index in [1.54, 1.807) is 0 Å². The maximum atomic E-state index is 4.64. The molecule has 6 nitrogen and oxygen atoms in total. The van der Waals surface area contributed by atoms with Gasteiger partial charge in [-0.15, -0.1) is 0 Å². The molecular weight excluding hydrogens is 264 g/mol. The summed E-state index contributed by atoms with van der Waals surface area (Å²) in [6.07, 6.45) is 4.45. The Bertz CT molecular complexity index is 629. The van der Waals surface area contributed by atoms with Crippen LogP contribution in [-0.4, -0.2) is 26.3 Å². The summed E-state index contributed by atoms with van der Waals surface area (Å²) in [5.74, 6) is 3.29. The van der Waals surface area contributed by atoms with Gasteiger partial charge in [-0.2, -0.15) is 5.10 Å². The van der Waals surface area contributed by atoms with E-state index in [1.165, 1.54) is 18.4 Å². The third kappa shape index (κ3) is 3.32. The Morgan fingerprint density at radius 3 is 2.52 bits per heavy atom. The molecule has 1 saturated carbocycles. The van der Waals surface area contributed by atoms with Crippen molar-refractivity contribution in [1.82, 2.24) is 19.7 Å². The van der Waals surface area contributed by atoms with Gasteiger partial charge in [0.2, 0.25) is 0 Å². The average molecular weight is 286 g/mol. The highest BCUT2D eigenvalue weighted by molar-refractivity contribution is 5.48. The van der Waals surface area contributed by atoms with Crippen molar-refractivity contribution in [2.24, 2.45) is 7.05 Å². The highest BCUT2D eigenvalue weighted by Gasteiger charge is 2.27. The Balaban J connectivity index is 1.75. The molecule has 0 atom stereocenters. The summed E-state index contributed by atoms with van der Waals surface area (Å²) in [4.78, 5) is 9.22. The second kappa shape index (κ2) is 5.71. The third-order valence-corrected chi connectivity index (χ3v) is 3.62. The zero-order chi connectivity index (χ0) is 14.8. The molecule has 1 aliphatic carbocycles. The predicted molar refractivity (Wildman–Crippen MR) is 83.4 cm³/mol. The van der Waals surface area contributed by atoms with Gasteiger partial charge >= 0.3 is 0 Å². The molecule has 21 heavy (non-hydrogen) atoms. The second-order valence-corrected chi connectivity index (χ2v) is 5.57. The minimum atomic E-state index is 0.546. The van der Waals surface area contributed by atoms with Gasteiger partial charge < -0.3 is 10.6 Å². The Kier molecular flexibility index (Phi) is 3.77. The molecule has 1 aliphatic rings. The van der Waals surface area contributed by atoms with Crippen molar-refractivity contribution in [2.45, 2.75) is 39.2 Å². The maximum absolute atomic E-state index is 4.64. The standard InChI is InChI=1S/C15H22N6/c1-4-16-13-7-14(19-15(18-13)11-5-6-11)17-8-12-9-21(3)20-10(12)2/h7,9,11H,4-6,8H2,1-3H3,(H2,16,17,18,19). The van der Waals surface area contributed by atoms with Crippen LogP contribution in [0.3, 0.4) is 0 Å². The zero-order valence-corrected chi connectivity index (χ0v) is 12.8. The Morgan fingerprint density at radius 1 is 1.24 bits per heavy atom. The van der Waals surface area contributed by atoms with Crippen molar-refractivity contribution >= 4 is 11.6 Å². The lowest BCUT2D eigenvalue weighted by atomic mass is 10.2. The van der Waals surface area contributed by atoms with Crippen LogP contribution in [0.5, 0.6) is 0 Å². The summed E-state index contributed by atoms with van der Waals surface area (Å²) in [6.45, 7) is 5.69. The Labute approximate surface area is 125 Å². The van der Waals surface area contributed by atoms with Gasteiger partial charge in [0.25, 0.3) is 0 Å². The van der Waals surface area contributed by atoms with Gasteiger partial charge in [0.05, 0.1) is 5.69 Å². The van der Waals surface area contributed by atoms with E-state index in [0.717, 1.165) is 36.2 Å². The Morgan fingerprint density at radius 2 is 1.95 bits per heavy atom. The average Bonchev–Trinajstić information content (AvgIpc) is 3.23. The third-order valence-electron chi connectivity index (χ3n) is 3.62. The van der Waals surface area contributed by atoms with E-state index in [0.29, 0.717) is 5.92 Å². The first-order valence-electron chi connectivity index (χ1n) is 7.51. The summed E-state index contributed by atoms with van der Waals surface area (Å²) >= 11 is 0. The lowest BCUT2D eigenvalue weighted by molar-refractivity contribution is 0.756. The monoisotopic (exact) mass is 286 g/mol. The molecule has 0 unspecified atom stereocenters. The van der Waals surface area contributed by atoms with Gasteiger partial charge in [0.15, 0.2) is 0 Å². The van der Waals surface area contributed by atoms with Crippen molar-refractivity contribution in [3.05, 3.63) is 29.3 Å². The minimum Gasteiger partial charge on any atom is -0.370 e. The van der Waals surface area contributed by atoms with E-state index in [9.17, 15) is 0 Å². The molecule has 0 amide bonds. The summed E-state index contributed by atoms with van der Waals surface area (Å²) in [6, 6.07) is 1.97. The van der Waals surface area contributed by atoms with Crippen LogP contribution in [0.1, 0.15) is 42.8 Å². The number of nitrogens with one attached hydrogen (secondary N) is 2. The van der Waals surface area contributed by atoms with E-state index in [-0.39, 0.29) is 0 Å². The number of rotatable bonds is 6. The van der Waals surface area contributed by atoms with Crippen molar-refractivity contribution in [2.75, 3.05) is 17.2 Å². The first kappa shape index (κ1) is 13.9. The van der Waals surface area contributed by atoms with Gasteiger partial charge in [-0.25, -0.2) is 9.97 Å². The SMILES string of the molecule is CCNc1cc(NCc2cn(C)nc2C)nc(C2CC2)n1. The smallest absolute Gasteiger partial charge is 0.136 e. The van der Waals surface area contributed by atoms with Gasteiger partial charge in [0.1, 0.15) is 17.5 Å². The van der Waals surface area contributed by atoms with Crippen LogP contribution in [0.15, 0.2) is 12.3 Å². The topological polar surface area (TPSA) is 67.7 Å². The first-order chi connectivity index (χ1) is 10.2. The van der Waals surface area contributed by atoms with Crippen molar-refractivity contribution < 1.29 is 0 Å². The van der Waals surface area contributed by atoms with Gasteiger partial charge in [-0.1, -0.05) is 0 Å². The lowest BCUT2D eigenvalue weighted by Gasteiger charge is -2.10. The fourth-order valence-electron chi connectivity index (χ4n) is 2.36. The highest BCUT2D eigenvalue weighted by atomic mass is 15.3. The van der Waals surface area contributed by atoms with E-state index < -0.39 is 0 Å². The molecule has 3 rings (SSSR count). The van der Waals surface area contributed by atoms with Crippen molar-refractivity contribution in [3.8, 4) is 0 Å². The molecular formula is C15H22N6. The van der Waals surface area contributed by atoms with Gasteiger partial charge in [-0.05, 0) is 26.7 Å². The van der Waals surface area contributed by atoms with Gasteiger partial charge in [-0.3, -0.25) is 4.68 Å². The second-order valence-electron chi connectivity index (χ2n) is 5.57. The van der Waals surface area contributed by atoms with Crippen LogP contribution in [0, 0.1) is 6.92 Å². The summed E-state index contributed by atoms with van der Waals surface area (Å²) < 4.78 is 1.84. The number of aromatic nitrogens is 4. The molecule has 0 saturated heterocycles. The minimum absolute atomic E-state index is 0.546.